The number of ketones is 1. The van der Waals surface area contributed by atoms with Gasteiger partial charge in [0.15, 0.2) is 0 Å². The highest BCUT2D eigenvalue weighted by atomic mass is 16.1. The first-order valence-corrected chi connectivity index (χ1v) is 9.63. The zero-order valence-electron chi connectivity index (χ0n) is 13.9. The topological polar surface area (TPSA) is 17.1 Å². The fourth-order valence-electron chi connectivity index (χ4n) is 6.20. The van der Waals surface area contributed by atoms with Gasteiger partial charge in [0, 0.05) is 6.42 Å². The fourth-order valence-corrected chi connectivity index (χ4v) is 6.20. The van der Waals surface area contributed by atoms with E-state index in [-0.39, 0.29) is 5.41 Å². The lowest BCUT2D eigenvalue weighted by atomic mass is 9.59. The Kier molecular flexibility index (Phi) is 3.08. The summed E-state index contributed by atoms with van der Waals surface area (Å²) in [5.74, 6) is 2.37. The predicted molar refractivity (Wildman–Crippen MR) is 92.6 cm³/mol. The highest BCUT2D eigenvalue weighted by Gasteiger charge is 2.56. The molecule has 5 rings (SSSR count). The van der Waals surface area contributed by atoms with Crippen molar-refractivity contribution in [2.24, 2.45) is 11.8 Å². The summed E-state index contributed by atoms with van der Waals surface area (Å²) >= 11 is 0. The van der Waals surface area contributed by atoms with Gasteiger partial charge in [0.2, 0.25) is 0 Å². The number of fused-ring (bicyclic) bond motifs is 5. The molecule has 1 aromatic rings. The van der Waals surface area contributed by atoms with Crippen LogP contribution < -0.4 is 0 Å². The second-order valence-electron chi connectivity index (χ2n) is 8.30. The maximum absolute atomic E-state index is 13.2. The SMILES string of the molecule is O=C1CCc2cccc(C3CCCCC3)c2C12CC1C=CC2C1. The van der Waals surface area contributed by atoms with Crippen molar-refractivity contribution in [3.05, 3.63) is 47.0 Å². The molecular weight excluding hydrogens is 280 g/mol. The van der Waals surface area contributed by atoms with Crippen LogP contribution in [0.25, 0.3) is 0 Å². The van der Waals surface area contributed by atoms with Crippen molar-refractivity contribution in [2.45, 2.75) is 69.1 Å². The van der Waals surface area contributed by atoms with E-state index in [2.05, 4.69) is 30.4 Å². The highest BCUT2D eigenvalue weighted by molar-refractivity contribution is 5.94. The van der Waals surface area contributed by atoms with Crippen molar-refractivity contribution in [2.75, 3.05) is 0 Å². The molecule has 0 saturated heterocycles. The monoisotopic (exact) mass is 306 g/mol. The summed E-state index contributed by atoms with van der Waals surface area (Å²) in [6, 6.07) is 6.94. The van der Waals surface area contributed by atoms with Gasteiger partial charge in [-0.05, 0) is 66.5 Å². The minimum absolute atomic E-state index is 0.152. The standard InChI is InChI=1S/C22H26O/c23-20-12-10-17-7-4-8-19(16-5-2-1-3-6-16)21(17)22(20)14-15-9-11-18(22)13-15/h4,7-9,11,15-16,18H,1-3,5-6,10,12-14H2. The molecule has 2 saturated carbocycles. The lowest BCUT2D eigenvalue weighted by molar-refractivity contribution is -0.126. The number of allylic oxidation sites excluding steroid dienone is 2. The summed E-state index contributed by atoms with van der Waals surface area (Å²) in [6.45, 7) is 0. The summed E-state index contributed by atoms with van der Waals surface area (Å²) < 4.78 is 0. The van der Waals surface area contributed by atoms with Gasteiger partial charge in [-0.15, -0.1) is 0 Å². The molecule has 0 aromatic heterocycles. The van der Waals surface area contributed by atoms with E-state index in [0.29, 0.717) is 23.5 Å². The van der Waals surface area contributed by atoms with Crippen LogP contribution in [0.3, 0.4) is 0 Å². The summed E-state index contributed by atoms with van der Waals surface area (Å²) in [4.78, 5) is 13.2. The number of Topliss-reactive ketones (excluding diaryl/α,β-unsaturated/α-hetero) is 1. The van der Waals surface area contributed by atoms with Crippen molar-refractivity contribution in [1.82, 2.24) is 0 Å². The number of rotatable bonds is 1. The van der Waals surface area contributed by atoms with Gasteiger partial charge in [0.05, 0.1) is 5.41 Å². The van der Waals surface area contributed by atoms with Gasteiger partial charge in [-0.25, -0.2) is 0 Å². The Hall–Kier alpha value is -1.37. The maximum atomic E-state index is 13.2. The van der Waals surface area contributed by atoms with E-state index in [1.165, 1.54) is 49.7 Å². The summed E-state index contributed by atoms with van der Waals surface area (Å²) in [7, 11) is 0. The lowest BCUT2D eigenvalue weighted by Gasteiger charge is -2.42. The average Bonchev–Trinajstić information content (AvgIpc) is 3.21. The zero-order chi connectivity index (χ0) is 15.4. The number of aryl methyl sites for hydroxylation is 1. The van der Waals surface area contributed by atoms with Crippen molar-refractivity contribution in [1.29, 1.82) is 0 Å². The Morgan fingerprint density at radius 2 is 1.87 bits per heavy atom. The van der Waals surface area contributed by atoms with Crippen LogP contribution in [0.15, 0.2) is 30.4 Å². The minimum atomic E-state index is -0.152. The molecule has 0 N–H and O–H groups in total. The second kappa shape index (κ2) is 5.06. The Morgan fingerprint density at radius 1 is 1.00 bits per heavy atom. The Morgan fingerprint density at radius 3 is 2.61 bits per heavy atom. The number of carbonyl (C=O) groups is 1. The smallest absolute Gasteiger partial charge is 0.144 e. The summed E-state index contributed by atoms with van der Waals surface area (Å²) in [5.41, 5.74) is 4.39. The quantitative estimate of drug-likeness (QED) is 0.661. The third-order valence-corrected chi connectivity index (χ3v) is 7.18. The zero-order valence-corrected chi connectivity index (χ0v) is 13.9. The van der Waals surface area contributed by atoms with Crippen molar-refractivity contribution < 1.29 is 4.79 Å². The molecule has 0 amide bonds. The molecule has 0 heterocycles. The normalized spacial score (nSPS) is 35.9. The van der Waals surface area contributed by atoms with Gasteiger partial charge < -0.3 is 0 Å². The Balaban J connectivity index is 1.69. The van der Waals surface area contributed by atoms with E-state index in [4.69, 9.17) is 0 Å². The molecule has 120 valence electrons. The predicted octanol–water partition coefficient (Wildman–Crippen LogP) is 5.08. The Bertz CT molecular complexity index is 679. The molecule has 1 nitrogen and oxygen atoms in total. The molecule has 3 atom stereocenters. The first-order valence-electron chi connectivity index (χ1n) is 9.63. The third kappa shape index (κ3) is 1.89. The molecule has 23 heavy (non-hydrogen) atoms. The van der Waals surface area contributed by atoms with Crippen molar-refractivity contribution in [3.8, 4) is 0 Å². The van der Waals surface area contributed by atoms with Crippen LogP contribution in [0.5, 0.6) is 0 Å². The lowest BCUT2D eigenvalue weighted by Crippen LogP contribution is -2.44. The molecule has 0 aliphatic heterocycles. The third-order valence-electron chi connectivity index (χ3n) is 7.18. The average molecular weight is 306 g/mol. The molecule has 2 fully saturated rings. The summed E-state index contributed by atoms with van der Waals surface area (Å²) in [6.07, 6.45) is 15.5. The number of carbonyl (C=O) groups excluding carboxylic acids is 1. The van der Waals surface area contributed by atoms with Gasteiger partial charge in [0.1, 0.15) is 5.78 Å². The molecule has 3 unspecified atom stereocenters. The van der Waals surface area contributed by atoms with Crippen LogP contribution in [-0.4, -0.2) is 5.78 Å². The number of benzene rings is 1. The van der Waals surface area contributed by atoms with Crippen molar-refractivity contribution >= 4 is 5.78 Å². The van der Waals surface area contributed by atoms with Crippen LogP contribution in [0.4, 0.5) is 0 Å². The van der Waals surface area contributed by atoms with E-state index in [1.54, 1.807) is 5.56 Å². The van der Waals surface area contributed by atoms with Gasteiger partial charge in [0.25, 0.3) is 0 Å². The van der Waals surface area contributed by atoms with Crippen LogP contribution in [-0.2, 0) is 16.6 Å². The van der Waals surface area contributed by atoms with Crippen LogP contribution in [0.2, 0.25) is 0 Å². The van der Waals surface area contributed by atoms with Crippen LogP contribution in [0, 0.1) is 11.8 Å². The van der Waals surface area contributed by atoms with E-state index in [0.717, 1.165) is 19.3 Å². The van der Waals surface area contributed by atoms with E-state index in [9.17, 15) is 4.79 Å². The van der Waals surface area contributed by atoms with Gasteiger partial charge in [-0.2, -0.15) is 0 Å². The van der Waals surface area contributed by atoms with Crippen molar-refractivity contribution in [3.63, 3.8) is 0 Å². The molecule has 1 spiro atoms. The Labute approximate surface area is 139 Å². The van der Waals surface area contributed by atoms with E-state index < -0.39 is 0 Å². The van der Waals surface area contributed by atoms with Gasteiger partial charge in [-0.1, -0.05) is 49.6 Å². The highest BCUT2D eigenvalue weighted by Crippen LogP contribution is 2.58. The molecular formula is C22H26O. The van der Waals surface area contributed by atoms with Gasteiger partial charge >= 0.3 is 0 Å². The van der Waals surface area contributed by atoms with Crippen LogP contribution in [0.1, 0.15) is 74.0 Å². The van der Waals surface area contributed by atoms with Crippen LogP contribution >= 0.6 is 0 Å². The molecule has 0 radical (unpaired) electrons. The fraction of sp³-hybridized carbons (Fsp3) is 0.591. The molecule has 2 bridgehead atoms. The van der Waals surface area contributed by atoms with E-state index >= 15 is 0 Å². The molecule has 1 heteroatoms. The minimum Gasteiger partial charge on any atom is -0.299 e. The number of hydrogen-bond acceptors (Lipinski definition) is 1. The summed E-state index contributed by atoms with van der Waals surface area (Å²) in [5, 5.41) is 0. The molecule has 1 aromatic carbocycles. The first kappa shape index (κ1) is 14.0. The molecule has 4 aliphatic rings. The largest absolute Gasteiger partial charge is 0.299 e. The first-order chi connectivity index (χ1) is 11.3. The number of hydrogen-bond donors (Lipinski definition) is 0. The second-order valence-corrected chi connectivity index (χ2v) is 8.30. The molecule has 4 aliphatic carbocycles. The maximum Gasteiger partial charge on any atom is 0.144 e. The van der Waals surface area contributed by atoms with Gasteiger partial charge in [-0.3, -0.25) is 4.79 Å². The van der Waals surface area contributed by atoms with E-state index in [1.807, 2.05) is 0 Å².